The van der Waals surface area contributed by atoms with Gasteiger partial charge in [-0.05, 0) is 37.5 Å². The number of amides is 3. The summed E-state index contributed by atoms with van der Waals surface area (Å²) in [6.07, 6.45) is 4.77. The van der Waals surface area contributed by atoms with Crippen LogP contribution in [0.25, 0.3) is 0 Å². The predicted molar refractivity (Wildman–Crippen MR) is 161 cm³/mol. The Labute approximate surface area is 252 Å². The van der Waals surface area contributed by atoms with Crippen molar-refractivity contribution in [1.82, 2.24) is 14.3 Å². The van der Waals surface area contributed by atoms with Gasteiger partial charge in [-0.1, -0.05) is 38.0 Å². The van der Waals surface area contributed by atoms with Crippen molar-refractivity contribution >= 4 is 46.5 Å². The summed E-state index contributed by atoms with van der Waals surface area (Å²) < 4.78 is 31.2. The summed E-state index contributed by atoms with van der Waals surface area (Å²) >= 11 is 1.24. The lowest BCUT2D eigenvalue weighted by Gasteiger charge is -2.28. The minimum absolute atomic E-state index is 0.0964. The van der Waals surface area contributed by atoms with Gasteiger partial charge in [0.25, 0.3) is 11.8 Å². The largest absolute Gasteiger partial charge is 0.481 e. The molecule has 2 aliphatic heterocycles. The van der Waals surface area contributed by atoms with Gasteiger partial charge in [0.2, 0.25) is 4.80 Å². The van der Waals surface area contributed by atoms with Crippen LogP contribution >= 0.6 is 11.5 Å². The number of hydrogen-bond acceptors (Lipinski definition) is 8. The Balaban J connectivity index is 0.000000217. The molecule has 0 bridgehead atoms. The molecule has 3 aromatic rings. The minimum atomic E-state index is -0.807. The predicted octanol–water partition coefficient (Wildman–Crippen LogP) is 4.02. The van der Waals surface area contributed by atoms with Crippen molar-refractivity contribution in [2.24, 2.45) is 10.4 Å². The first-order valence-electron chi connectivity index (χ1n) is 13.6. The van der Waals surface area contributed by atoms with E-state index >= 15 is 0 Å². The molecule has 2 aliphatic rings. The number of likely N-dealkylation sites (N-methyl/N-ethyl adjacent to an activating group) is 1. The normalized spacial score (nSPS) is 15.6. The summed E-state index contributed by atoms with van der Waals surface area (Å²) in [6.45, 7) is 8.88. The smallest absolute Gasteiger partial charge is 0.412 e. The molecule has 226 valence electrons. The van der Waals surface area contributed by atoms with E-state index in [2.05, 4.69) is 39.8 Å². The molecule has 0 saturated carbocycles. The molecule has 3 heterocycles. The first kappa shape index (κ1) is 31.2. The van der Waals surface area contributed by atoms with Gasteiger partial charge in [-0.25, -0.2) is 14.2 Å². The first-order chi connectivity index (χ1) is 20.5. The second-order valence-electron chi connectivity index (χ2n) is 10.6. The summed E-state index contributed by atoms with van der Waals surface area (Å²) in [7, 11) is 0. The first-order valence-corrected chi connectivity index (χ1v) is 14.4. The number of halogens is 1. The molecule has 0 radical (unpaired) electrons. The summed E-state index contributed by atoms with van der Waals surface area (Å²) in [5.41, 5.74) is 1.30. The SMILES string of the molecule is C#CCN1C(=O)COc2cc(F)c(/N=c3\snc4n3CC(C)(C)C4)cc21.CCNC(=O)C(C)OC(=O)Nc1ccccc1. The highest BCUT2D eigenvalue weighted by molar-refractivity contribution is 7.02. The van der Waals surface area contributed by atoms with Crippen molar-refractivity contribution < 1.29 is 28.2 Å². The molecular weight excluding hydrogens is 575 g/mol. The third-order valence-corrected chi connectivity index (χ3v) is 7.24. The van der Waals surface area contributed by atoms with Crippen molar-refractivity contribution in [1.29, 1.82) is 0 Å². The number of rotatable bonds is 6. The second-order valence-corrected chi connectivity index (χ2v) is 11.3. The third kappa shape index (κ3) is 7.78. The van der Waals surface area contributed by atoms with Gasteiger partial charge in [0.15, 0.2) is 18.5 Å². The van der Waals surface area contributed by atoms with E-state index < -0.39 is 18.0 Å². The molecule has 13 heteroatoms. The molecule has 0 saturated heterocycles. The van der Waals surface area contributed by atoms with Crippen molar-refractivity contribution in [2.45, 2.75) is 46.8 Å². The van der Waals surface area contributed by atoms with Gasteiger partial charge in [0.05, 0.1) is 12.2 Å². The van der Waals surface area contributed by atoms with Gasteiger partial charge in [-0.3, -0.25) is 19.8 Å². The standard InChI is InChI=1S/C18H17FN4O2S.C12H16N2O3/c1-4-5-22-13-7-12(11(19)6-14(13)25-9-16(22)24)20-17-23-10-18(2,3)8-15(23)21-26-17;1-3-13-11(15)9(2)17-12(16)14-10-7-5-4-6-8-10/h1,6-7H,5,8-10H2,2-3H3;4-9H,3H2,1-2H3,(H,13,15)(H,14,16)/b20-17-;. The fraction of sp³-hybridized carbons (Fsp3) is 0.367. The maximum absolute atomic E-state index is 14.5. The number of fused-ring (bicyclic) bond motifs is 2. The van der Waals surface area contributed by atoms with E-state index in [1.54, 1.807) is 31.2 Å². The Morgan fingerprint density at radius 1 is 1.30 bits per heavy atom. The molecule has 11 nitrogen and oxygen atoms in total. The molecule has 5 rings (SSSR count). The number of aromatic nitrogens is 2. The van der Waals surface area contributed by atoms with E-state index in [1.807, 2.05) is 10.6 Å². The van der Waals surface area contributed by atoms with E-state index in [4.69, 9.17) is 15.9 Å². The number of nitrogens with zero attached hydrogens (tertiary/aromatic N) is 4. The fourth-order valence-corrected chi connectivity index (χ4v) is 5.20. The van der Waals surface area contributed by atoms with Crippen molar-refractivity contribution in [2.75, 3.05) is 29.9 Å². The van der Waals surface area contributed by atoms with Crippen LogP contribution in [0.15, 0.2) is 47.5 Å². The average molecular weight is 609 g/mol. The molecule has 2 N–H and O–H groups in total. The van der Waals surface area contributed by atoms with Crippen LogP contribution in [0.5, 0.6) is 5.75 Å². The van der Waals surface area contributed by atoms with Crippen molar-refractivity contribution in [3.8, 4) is 18.1 Å². The van der Waals surface area contributed by atoms with Crippen molar-refractivity contribution in [3.05, 3.63) is 58.9 Å². The molecule has 0 aliphatic carbocycles. The van der Waals surface area contributed by atoms with E-state index in [0.29, 0.717) is 28.5 Å². The van der Waals surface area contributed by atoms with Gasteiger partial charge in [0, 0.05) is 42.8 Å². The number of ether oxygens (including phenoxy) is 2. The van der Waals surface area contributed by atoms with Crippen LogP contribution in [0.4, 0.5) is 26.2 Å². The summed E-state index contributed by atoms with van der Waals surface area (Å²) in [5, 5.41) is 5.10. The van der Waals surface area contributed by atoms with Gasteiger partial charge in [-0.15, -0.1) is 6.42 Å². The van der Waals surface area contributed by atoms with Crippen LogP contribution in [0.1, 0.15) is 33.5 Å². The van der Waals surface area contributed by atoms with E-state index in [1.165, 1.54) is 35.5 Å². The topological polar surface area (TPSA) is 127 Å². The Morgan fingerprint density at radius 2 is 2.05 bits per heavy atom. The molecule has 1 unspecified atom stereocenters. The van der Waals surface area contributed by atoms with Crippen molar-refractivity contribution in [3.63, 3.8) is 0 Å². The summed E-state index contributed by atoms with van der Waals surface area (Å²) in [5.74, 6) is 2.61. The molecule has 1 aromatic heterocycles. The van der Waals surface area contributed by atoms with Crippen LogP contribution in [0.3, 0.4) is 0 Å². The minimum Gasteiger partial charge on any atom is -0.481 e. The maximum atomic E-state index is 14.5. The monoisotopic (exact) mass is 608 g/mol. The molecular formula is C30H33FN6O5S. The fourth-order valence-electron chi connectivity index (χ4n) is 4.45. The molecule has 0 fully saturated rings. The highest BCUT2D eigenvalue weighted by atomic mass is 32.1. The Hall–Kier alpha value is -4.70. The number of benzene rings is 2. The van der Waals surface area contributed by atoms with Crippen LogP contribution in [-0.4, -0.2) is 52.6 Å². The number of anilines is 2. The number of para-hydroxylation sites is 1. The molecule has 1 atom stereocenters. The molecule has 43 heavy (non-hydrogen) atoms. The third-order valence-electron chi connectivity index (χ3n) is 6.46. The quantitative estimate of drug-likeness (QED) is 0.407. The highest BCUT2D eigenvalue weighted by Gasteiger charge is 2.31. The number of nitrogens with one attached hydrogen (secondary N) is 2. The highest BCUT2D eigenvalue weighted by Crippen LogP contribution is 2.37. The van der Waals surface area contributed by atoms with E-state index in [9.17, 15) is 18.8 Å². The lowest BCUT2D eigenvalue weighted by molar-refractivity contribution is -0.128. The van der Waals surface area contributed by atoms with Gasteiger partial charge < -0.3 is 19.4 Å². The lowest BCUT2D eigenvalue weighted by Crippen LogP contribution is -2.39. The summed E-state index contributed by atoms with van der Waals surface area (Å²) in [4.78, 5) is 41.3. The van der Waals surface area contributed by atoms with E-state index in [-0.39, 0.29) is 36.1 Å². The van der Waals surface area contributed by atoms with Gasteiger partial charge >= 0.3 is 6.09 Å². The van der Waals surface area contributed by atoms with Crippen LogP contribution in [0, 0.1) is 23.6 Å². The second kappa shape index (κ2) is 13.5. The van der Waals surface area contributed by atoms with Crippen LogP contribution in [0.2, 0.25) is 0 Å². The van der Waals surface area contributed by atoms with Gasteiger partial charge in [0.1, 0.15) is 17.3 Å². The van der Waals surface area contributed by atoms with E-state index in [0.717, 1.165) is 18.8 Å². The number of carbonyl (C=O) groups excluding carboxylic acids is 3. The Bertz CT molecular complexity index is 1610. The van der Waals surface area contributed by atoms with Gasteiger partial charge in [-0.2, -0.15) is 4.37 Å². The zero-order valence-electron chi connectivity index (χ0n) is 24.3. The lowest BCUT2D eigenvalue weighted by atomic mass is 9.92. The average Bonchev–Trinajstić information content (AvgIpc) is 3.47. The number of carbonyl (C=O) groups is 3. The molecule has 3 amide bonds. The maximum Gasteiger partial charge on any atom is 0.412 e. The zero-order valence-corrected chi connectivity index (χ0v) is 25.2. The Morgan fingerprint density at radius 3 is 2.74 bits per heavy atom. The van der Waals surface area contributed by atoms with Crippen LogP contribution < -0.4 is 25.1 Å². The number of terminal acetylenes is 1. The molecule has 0 spiro atoms. The number of hydrogen-bond donors (Lipinski definition) is 2. The molecule has 2 aromatic carbocycles. The van der Waals surface area contributed by atoms with Crippen LogP contribution in [-0.2, 0) is 27.3 Å². The Kier molecular flexibility index (Phi) is 9.82. The zero-order chi connectivity index (χ0) is 31.1. The summed E-state index contributed by atoms with van der Waals surface area (Å²) in [6, 6.07) is 11.7.